The molecule has 3 aromatic rings. The van der Waals surface area contributed by atoms with Crippen LogP contribution < -0.4 is 10.2 Å². The van der Waals surface area contributed by atoms with Crippen molar-refractivity contribution in [2.24, 2.45) is 5.10 Å². The van der Waals surface area contributed by atoms with E-state index in [1.165, 1.54) is 5.56 Å². The molecular weight excluding hydrogens is 367 g/mol. The Bertz CT molecular complexity index is 908. The van der Waals surface area contributed by atoms with E-state index in [4.69, 9.17) is 27.9 Å². The standard InChI is InChI=1S/C21H18Cl2N2O/c1-15-5-8-18(9-6-15)25-24-13-16-3-2-4-19(11-16)26-14-17-7-10-20(22)21(23)12-17/h2-13,25H,14H2,1H3. The molecule has 0 bridgehead atoms. The predicted octanol–water partition coefficient (Wildman–Crippen LogP) is 6.33. The number of benzene rings is 3. The van der Waals surface area contributed by atoms with Gasteiger partial charge in [0, 0.05) is 0 Å². The normalized spacial score (nSPS) is 10.9. The number of hydrazone groups is 1. The van der Waals surface area contributed by atoms with Gasteiger partial charge in [0.2, 0.25) is 0 Å². The fourth-order valence-electron chi connectivity index (χ4n) is 2.29. The third-order valence-electron chi connectivity index (χ3n) is 3.71. The van der Waals surface area contributed by atoms with Gasteiger partial charge in [-0.3, -0.25) is 5.43 Å². The lowest BCUT2D eigenvalue weighted by molar-refractivity contribution is 0.306. The van der Waals surface area contributed by atoms with Gasteiger partial charge in [-0.2, -0.15) is 5.10 Å². The Morgan fingerprint density at radius 2 is 1.77 bits per heavy atom. The van der Waals surface area contributed by atoms with Crippen molar-refractivity contribution in [3.8, 4) is 5.75 Å². The Morgan fingerprint density at radius 1 is 0.962 bits per heavy atom. The molecule has 3 rings (SSSR count). The van der Waals surface area contributed by atoms with E-state index in [1.807, 2.05) is 54.6 Å². The molecule has 0 aliphatic carbocycles. The van der Waals surface area contributed by atoms with Crippen molar-refractivity contribution in [3.05, 3.63) is 93.5 Å². The molecule has 26 heavy (non-hydrogen) atoms. The van der Waals surface area contributed by atoms with Crippen LogP contribution in [0.1, 0.15) is 16.7 Å². The van der Waals surface area contributed by atoms with Crippen molar-refractivity contribution >= 4 is 35.1 Å². The first-order chi connectivity index (χ1) is 12.6. The highest BCUT2D eigenvalue weighted by Gasteiger charge is 2.01. The van der Waals surface area contributed by atoms with Crippen LogP contribution in [0.15, 0.2) is 71.8 Å². The van der Waals surface area contributed by atoms with E-state index in [2.05, 4.69) is 17.5 Å². The van der Waals surface area contributed by atoms with E-state index in [0.29, 0.717) is 16.7 Å². The van der Waals surface area contributed by atoms with Gasteiger partial charge < -0.3 is 4.74 Å². The minimum atomic E-state index is 0.416. The third-order valence-corrected chi connectivity index (χ3v) is 4.45. The number of hydrogen-bond donors (Lipinski definition) is 1. The van der Waals surface area contributed by atoms with Gasteiger partial charge in [0.25, 0.3) is 0 Å². The highest BCUT2D eigenvalue weighted by Crippen LogP contribution is 2.23. The zero-order valence-electron chi connectivity index (χ0n) is 14.2. The minimum absolute atomic E-state index is 0.416. The maximum absolute atomic E-state index is 6.03. The van der Waals surface area contributed by atoms with Crippen LogP contribution in [-0.4, -0.2) is 6.21 Å². The number of halogens is 2. The predicted molar refractivity (Wildman–Crippen MR) is 110 cm³/mol. The van der Waals surface area contributed by atoms with Crippen molar-refractivity contribution in [1.82, 2.24) is 0 Å². The van der Waals surface area contributed by atoms with Crippen LogP contribution in [0.3, 0.4) is 0 Å². The average Bonchev–Trinajstić information content (AvgIpc) is 2.65. The van der Waals surface area contributed by atoms with Gasteiger partial charge >= 0.3 is 0 Å². The molecule has 0 radical (unpaired) electrons. The molecule has 3 aromatic carbocycles. The first-order valence-electron chi connectivity index (χ1n) is 8.13. The van der Waals surface area contributed by atoms with Gasteiger partial charge in [-0.15, -0.1) is 0 Å². The Hall–Kier alpha value is -2.49. The van der Waals surface area contributed by atoms with E-state index in [-0.39, 0.29) is 0 Å². The number of anilines is 1. The van der Waals surface area contributed by atoms with Gasteiger partial charge in [-0.05, 0) is 54.4 Å². The van der Waals surface area contributed by atoms with Gasteiger partial charge in [0.05, 0.1) is 21.9 Å². The number of ether oxygens (including phenoxy) is 1. The van der Waals surface area contributed by atoms with Crippen LogP contribution in [0.5, 0.6) is 5.75 Å². The molecule has 0 heterocycles. The molecule has 5 heteroatoms. The van der Waals surface area contributed by atoms with Crippen LogP contribution in [0.25, 0.3) is 0 Å². The van der Waals surface area contributed by atoms with Gasteiger partial charge in [-0.25, -0.2) is 0 Å². The molecule has 0 fully saturated rings. The SMILES string of the molecule is Cc1ccc(NN=Cc2cccc(OCc3ccc(Cl)c(Cl)c3)c2)cc1. The minimum Gasteiger partial charge on any atom is -0.489 e. The lowest BCUT2D eigenvalue weighted by Crippen LogP contribution is -1.96. The van der Waals surface area contributed by atoms with Crippen molar-refractivity contribution in [1.29, 1.82) is 0 Å². The molecule has 0 amide bonds. The molecular formula is C21H18Cl2N2O. The molecule has 0 saturated carbocycles. The molecule has 0 aliphatic rings. The van der Waals surface area contributed by atoms with Crippen LogP contribution in [0.2, 0.25) is 10.0 Å². The molecule has 3 nitrogen and oxygen atoms in total. The fourth-order valence-corrected chi connectivity index (χ4v) is 2.61. The molecule has 1 N–H and O–H groups in total. The highest BCUT2D eigenvalue weighted by atomic mass is 35.5. The lowest BCUT2D eigenvalue weighted by atomic mass is 10.2. The summed E-state index contributed by atoms with van der Waals surface area (Å²) < 4.78 is 5.82. The monoisotopic (exact) mass is 384 g/mol. The summed E-state index contributed by atoms with van der Waals surface area (Å²) in [5.41, 5.74) is 7.07. The molecule has 0 spiro atoms. The second-order valence-electron chi connectivity index (χ2n) is 5.85. The highest BCUT2D eigenvalue weighted by molar-refractivity contribution is 6.42. The summed E-state index contributed by atoms with van der Waals surface area (Å²) in [6.07, 6.45) is 1.76. The van der Waals surface area contributed by atoms with Crippen LogP contribution in [0, 0.1) is 6.92 Å². The topological polar surface area (TPSA) is 33.6 Å². The van der Waals surface area contributed by atoms with E-state index in [0.717, 1.165) is 22.6 Å². The van der Waals surface area contributed by atoms with Crippen molar-refractivity contribution in [2.45, 2.75) is 13.5 Å². The van der Waals surface area contributed by atoms with Crippen molar-refractivity contribution in [2.75, 3.05) is 5.43 Å². The third kappa shape index (κ3) is 5.25. The quantitative estimate of drug-likeness (QED) is 0.398. The Kier molecular flexibility index (Phi) is 6.16. The molecule has 0 atom stereocenters. The zero-order valence-corrected chi connectivity index (χ0v) is 15.8. The number of nitrogens with one attached hydrogen (secondary N) is 1. The summed E-state index contributed by atoms with van der Waals surface area (Å²) in [5.74, 6) is 0.760. The molecule has 0 aromatic heterocycles. The Morgan fingerprint density at radius 3 is 2.54 bits per heavy atom. The van der Waals surface area contributed by atoms with Crippen molar-refractivity contribution in [3.63, 3.8) is 0 Å². The maximum Gasteiger partial charge on any atom is 0.120 e. The second-order valence-corrected chi connectivity index (χ2v) is 6.66. The summed E-state index contributed by atoms with van der Waals surface area (Å²) in [5, 5.41) is 5.32. The first kappa shape index (κ1) is 18.3. The van der Waals surface area contributed by atoms with Crippen LogP contribution in [-0.2, 0) is 6.61 Å². The molecule has 0 saturated heterocycles. The summed E-state index contributed by atoms with van der Waals surface area (Å²) in [6, 6.07) is 21.2. The van der Waals surface area contributed by atoms with Gasteiger partial charge in [0.15, 0.2) is 0 Å². The lowest BCUT2D eigenvalue weighted by Gasteiger charge is -2.08. The smallest absolute Gasteiger partial charge is 0.120 e. The summed E-state index contributed by atoms with van der Waals surface area (Å²) in [6.45, 7) is 2.47. The average molecular weight is 385 g/mol. The van der Waals surface area contributed by atoms with E-state index >= 15 is 0 Å². The van der Waals surface area contributed by atoms with E-state index < -0.39 is 0 Å². The molecule has 0 unspecified atom stereocenters. The Labute approximate surface area is 163 Å². The maximum atomic E-state index is 6.03. The summed E-state index contributed by atoms with van der Waals surface area (Å²) in [4.78, 5) is 0. The van der Waals surface area contributed by atoms with Crippen LogP contribution in [0.4, 0.5) is 5.69 Å². The van der Waals surface area contributed by atoms with Crippen LogP contribution >= 0.6 is 23.2 Å². The van der Waals surface area contributed by atoms with E-state index in [9.17, 15) is 0 Å². The summed E-state index contributed by atoms with van der Waals surface area (Å²) in [7, 11) is 0. The number of aryl methyl sites for hydroxylation is 1. The second kappa shape index (κ2) is 8.75. The largest absolute Gasteiger partial charge is 0.489 e. The van der Waals surface area contributed by atoms with Gasteiger partial charge in [0.1, 0.15) is 12.4 Å². The Balaban J connectivity index is 1.59. The molecule has 0 aliphatic heterocycles. The first-order valence-corrected chi connectivity index (χ1v) is 8.88. The fraction of sp³-hybridized carbons (Fsp3) is 0.0952. The number of hydrogen-bond acceptors (Lipinski definition) is 3. The van der Waals surface area contributed by atoms with Gasteiger partial charge in [-0.1, -0.05) is 59.1 Å². The number of rotatable bonds is 6. The molecule has 132 valence electrons. The van der Waals surface area contributed by atoms with E-state index in [1.54, 1.807) is 18.3 Å². The van der Waals surface area contributed by atoms with Crippen molar-refractivity contribution < 1.29 is 4.74 Å². The zero-order chi connectivity index (χ0) is 18.4. The summed E-state index contributed by atoms with van der Waals surface area (Å²) >= 11 is 12.0. The number of nitrogens with zero attached hydrogens (tertiary/aromatic N) is 1.